The van der Waals surface area contributed by atoms with Gasteiger partial charge in [0, 0.05) is 24.9 Å². The molecule has 0 amide bonds. The van der Waals surface area contributed by atoms with E-state index in [2.05, 4.69) is 37.0 Å². The molecule has 0 unspecified atom stereocenters. The van der Waals surface area contributed by atoms with Crippen LogP contribution in [0.2, 0.25) is 0 Å². The van der Waals surface area contributed by atoms with E-state index >= 15 is 0 Å². The van der Waals surface area contributed by atoms with Crippen LogP contribution in [0.5, 0.6) is 0 Å². The molecule has 2 heterocycles. The third kappa shape index (κ3) is 3.26. The van der Waals surface area contributed by atoms with Gasteiger partial charge in [-0.2, -0.15) is 11.8 Å². The lowest BCUT2D eigenvalue weighted by Gasteiger charge is -2.39. The van der Waals surface area contributed by atoms with Crippen molar-refractivity contribution >= 4 is 11.8 Å². The second kappa shape index (κ2) is 6.41. The quantitative estimate of drug-likeness (QED) is 0.804. The van der Waals surface area contributed by atoms with E-state index in [9.17, 15) is 0 Å². The lowest BCUT2D eigenvalue weighted by molar-refractivity contribution is -0.0704. The van der Waals surface area contributed by atoms with Crippen LogP contribution in [0.15, 0.2) is 11.6 Å². The van der Waals surface area contributed by atoms with E-state index in [1.807, 2.05) is 0 Å². The standard InChI is InChI=1S/C17H29NOS/c1-13-4-3-5-14(2)16(13)11-18-15-6-8-19-17(10-15)7-9-20-12-17/h4,14-16,18H,3,5-12H2,1-2H3/t14-,15+,16+,17+/m0/s1. The minimum absolute atomic E-state index is 0.212. The Balaban J connectivity index is 1.53. The number of thioether (sulfide) groups is 1. The van der Waals surface area contributed by atoms with Gasteiger partial charge in [-0.25, -0.2) is 0 Å². The van der Waals surface area contributed by atoms with Gasteiger partial charge in [0.25, 0.3) is 0 Å². The van der Waals surface area contributed by atoms with Crippen molar-refractivity contribution < 1.29 is 4.74 Å². The Bertz CT molecular complexity index is 362. The first-order valence-corrected chi connectivity index (χ1v) is 9.46. The van der Waals surface area contributed by atoms with Crippen LogP contribution in [0.3, 0.4) is 0 Å². The van der Waals surface area contributed by atoms with Crippen molar-refractivity contribution in [3.63, 3.8) is 0 Å². The zero-order chi connectivity index (χ0) is 14.0. The Morgan fingerprint density at radius 1 is 1.45 bits per heavy atom. The normalized spacial score (nSPS) is 41.9. The zero-order valence-electron chi connectivity index (χ0n) is 13.0. The Hall–Kier alpha value is 0.0100. The van der Waals surface area contributed by atoms with Crippen molar-refractivity contribution in [1.82, 2.24) is 5.32 Å². The molecule has 3 heteroatoms. The van der Waals surface area contributed by atoms with Crippen LogP contribution in [0, 0.1) is 11.8 Å². The highest BCUT2D eigenvalue weighted by Gasteiger charge is 2.40. The summed E-state index contributed by atoms with van der Waals surface area (Å²) in [7, 11) is 0. The Morgan fingerprint density at radius 3 is 3.10 bits per heavy atom. The molecule has 0 aromatic rings. The summed E-state index contributed by atoms with van der Waals surface area (Å²) in [5, 5.41) is 3.87. The van der Waals surface area contributed by atoms with Crippen molar-refractivity contribution in [2.75, 3.05) is 24.7 Å². The van der Waals surface area contributed by atoms with Gasteiger partial charge in [-0.05, 0) is 56.6 Å². The van der Waals surface area contributed by atoms with Gasteiger partial charge >= 0.3 is 0 Å². The second-order valence-electron chi connectivity index (χ2n) is 7.04. The average molecular weight is 295 g/mol. The number of allylic oxidation sites excluding steroid dienone is 1. The number of rotatable bonds is 3. The number of hydrogen-bond acceptors (Lipinski definition) is 3. The zero-order valence-corrected chi connectivity index (χ0v) is 13.8. The number of hydrogen-bond donors (Lipinski definition) is 1. The molecular weight excluding hydrogens is 266 g/mol. The predicted octanol–water partition coefficient (Wildman–Crippen LogP) is 3.62. The molecule has 1 N–H and O–H groups in total. The molecule has 0 bridgehead atoms. The van der Waals surface area contributed by atoms with E-state index in [4.69, 9.17) is 4.74 Å². The van der Waals surface area contributed by atoms with E-state index in [1.165, 1.54) is 43.6 Å². The summed E-state index contributed by atoms with van der Waals surface area (Å²) >= 11 is 2.07. The molecule has 2 fully saturated rings. The number of nitrogens with one attached hydrogen (secondary N) is 1. The van der Waals surface area contributed by atoms with E-state index in [-0.39, 0.29) is 5.60 Å². The molecule has 1 aliphatic carbocycles. The van der Waals surface area contributed by atoms with Gasteiger partial charge in [-0.15, -0.1) is 0 Å². The molecule has 20 heavy (non-hydrogen) atoms. The predicted molar refractivity (Wildman–Crippen MR) is 87.3 cm³/mol. The molecule has 2 nitrogen and oxygen atoms in total. The summed E-state index contributed by atoms with van der Waals surface area (Å²) in [6.45, 7) is 6.85. The first-order valence-electron chi connectivity index (χ1n) is 8.30. The first kappa shape index (κ1) is 14.9. The fourth-order valence-electron chi connectivity index (χ4n) is 4.10. The second-order valence-corrected chi connectivity index (χ2v) is 8.15. The summed E-state index contributed by atoms with van der Waals surface area (Å²) in [6, 6.07) is 0.671. The van der Waals surface area contributed by atoms with Crippen LogP contribution < -0.4 is 5.32 Å². The SMILES string of the molecule is CC1=CCC[C@H](C)[C@@H]1CN[C@@H]1CCO[C@]2(CCSC2)C1. The van der Waals surface area contributed by atoms with Crippen molar-refractivity contribution in [3.05, 3.63) is 11.6 Å². The Kier molecular flexibility index (Phi) is 4.79. The maximum absolute atomic E-state index is 6.12. The minimum Gasteiger partial charge on any atom is -0.374 e. The van der Waals surface area contributed by atoms with Crippen molar-refractivity contribution in [2.45, 2.75) is 57.6 Å². The topological polar surface area (TPSA) is 21.3 Å². The van der Waals surface area contributed by atoms with Gasteiger partial charge in [0.2, 0.25) is 0 Å². The van der Waals surface area contributed by atoms with Crippen LogP contribution in [-0.4, -0.2) is 36.3 Å². The molecule has 1 spiro atoms. The van der Waals surface area contributed by atoms with Gasteiger partial charge < -0.3 is 10.1 Å². The highest BCUT2D eigenvalue weighted by atomic mass is 32.2. The summed E-state index contributed by atoms with van der Waals surface area (Å²) < 4.78 is 6.12. The lowest BCUT2D eigenvalue weighted by atomic mass is 9.79. The molecule has 2 aliphatic heterocycles. The maximum atomic E-state index is 6.12. The summed E-state index contributed by atoms with van der Waals surface area (Å²) in [6.07, 6.45) is 8.76. The fourth-order valence-corrected chi connectivity index (χ4v) is 5.47. The van der Waals surface area contributed by atoms with E-state index < -0.39 is 0 Å². The molecule has 4 atom stereocenters. The minimum atomic E-state index is 0.212. The summed E-state index contributed by atoms with van der Waals surface area (Å²) in [4.78, 5) is 0. The number of ether oxygens (including phenoxy) is 1. The monoisotopic (exact) mass is 295 g/mol. The summed E-state index contributed by atoms with van der Waals surface area (Å²) in [5.74, 6) is 4.09. The molecule has 0 aromatic heterocycles. The molecule has 3 rings (SSSR count). The molecule has 114 valence electrons. The lowest BCUT2D eigenvalue weighted by Crippen LogP contribution is -2.48. The maximum Gasteiger partial charge on any atom is 0.0795 e. The van der Waals surface area contributed by atoms with Gasteiger partial charge in [-0.1, -0.05) is 18.6 Å². The van der Waals surface area contributed by atoms with Crippen LogP contribution >= 0.6 is 11.8 Å². The third-order valence-corrected chi connectivity index (χ3v) is 6.77. The van der Waals surface area contributed by atoms with E-state index in [1.54, 1.807) is 5.57 Å². The fraction of sp³-hybridized carbons (Fsp3) is 0.882. The molecule has 0 saturated carbocycles. The largest absolute Gasteiger partial charge is 0.374 e. The smallest absolute Gasteiger partial charge is 0.0795 e. The third-order valence-electron chi connectivity index (χ3n) is 5.55. The molecule has 3 aliphatic rings. The van der Waals surface area contributed by atoms with Gasteiger partial charge in [0.1, 0.15) is 0 Å². The first-order chi connectivity index (χ1) is 9.69. The van der Waals surface area contributed by atoms with Crippen LogP contribution in [0.25, 0.3) is 0 Å². The summed E-state index contributed by atoms with van der Waals surface area (Å²) in [5.41, 5.74) is 1.82. The Morgan fingerprint density at radius 2 is 2.35 bits per heavy atom. The van der Waals surface area contributed by atoms with Crippen LogP contribution in [-0.2, 0) is 4.74 Å². The molecule has 0 radical (unpaired) electrons. The molecule has 2 saturated heterocycles. The van der Waals surface area contributed by atoms with Crippen molar-refractivity contribution in [1.29, 1.82) is 0 Å². The Labute approximate surface area is 128 Å². The van der Waals surface area contributed by atoms with Crippen LogP contribution in [0.1, 0.15) is 46.0 Å². The van der Waals surface area contributed by atoms with Gasteiger partial charge in [-0.3, -0.25) is 0 Å². The highest BCUT2D eigenvalue weighted by Crippen LogP contribution is 2.38. The van der Waals surface area contributed by atoms with E-state index in [0.717, 1.165) is 25.0 Å². The van der Waals surface area contributed by atoms with Gasteiger partial charge in [0.05, 0.1) is 5.60 Å². The van der Waals surface area contributed by atoms with Gasteiger partial charge in [0.15, 0.2) is 0 Å². The average Bonchev–Trinajstić information content (AvgIpc) is 2.86. The molecule has 0 aromatic carbocycles. The van der Waals surface area contributed by atoms with Crippen molar-refractivity contribution in [2.24, 2.45) is 11.8 Å². The molecular formula is C17H29NOS. The highest BCUT2D eigenvalue weighted by molar-refractivity contribution is 7.99. The van der Waals surface area contributed by atoms with Crippen molar-refractivity contribution in [3.8, 4) is 0 Å². The van der Waals surface area contributed by atoms with Crippen LogP contribution in [0.4, 0.5) is 0 Å². The van der Waals surface area contributed by atoms with E-state index in [0.29, 0.717) is 6.04 Å².